The first kappa shape index (κ1) is 10.9. The molecular formula is C10H17NO4. The van der Waals surface area contributed by atoms with Crippen LogP contribution in [0, 0.1) is 5.92 Å². The Morgan fingerprint density at radius 2 is 2.40 bits per heavy atom. The molecule has 2 rings (SSSR count). The van der Waals surface area contributed by atoms with E-state index in [9.17, 15) is 9.90 Å². The molecule has 1 N–H and O–H groups in total. The number of nitrogens with zero attached hydrogens (tertiary/aromatic N) is 1. The fourth-order valence-electron chi connectivity index (χ4n) is 2.51. The fraction of sp³-hybridized carbons (Fsp3) is 0.900. The third-order valence-electron chi connectivity index (χ3n) is 3.22. The molecule has 0 radical (unpaired) electrons. The van der Waals surface area contributed by atoms with Gasteiger partial charge in [-0.25, -0.2) is 0 Å². The molecule has 2 fully saturated rings. The van der Waals surface area contributed by atoms with Gasteiger partial charge in [0.15, 0.2) is 0 Å². The van der Waals surface area contributed by atoms with Crippen LogP contribution in [-0.2, 0) is 14.4 Å². The van der Waals surface area contributed by atoms with Crippen LogP contribution in [0.1, 0.15) is 19.8 Å². The summed E-state index contributed by atoms with van der Waals surface area (Å²) in [6, 6.07) is 0.0806. The number of hydroxylamine groups is 2. The molecule has 15 heavy (non-hydrogen) atoms. The number of carbonyl (C=O) groups excluding carboxylic acids is 1. The minimum Gasteiger partial charge on any atom is -0.469 e. The summed E-state index contributed by atoms with van der Waals surface area (Å²) >= 11 is 0. The molecule has 0 aliphatic carbocycles. The Kier molecular flexibility index (Phi) is 2.95. The zero-order valence-electron chi connectivity index (χ0n) is 9.05. The first-order valence-electron chi connectivity index (χ1n) is 5.34. The summed E-state index contributed by atoms with van der Waals surface area (Å²) in [4.78, 5) is 17.2. The van der Waals surface area contributed by atoms with Crippen LogP contribution in [0.3, 0.4) is 0 Å². The van der Waals surface area contributed by atoms with Crippen LogP contribution >= 0.6 is 0 Å². The zero-order valence-corrected chi connectivity index (χ0v) is 9.05. The van der Waals surface area contributed by atoms with Crippen LogP contribution in [0.25, 0.3) is 0 Å². The second-order valence-electron chi connectivity index (χ2n) is 4.21. The van der Waals surface area contributed by atoms with Gasteiger partial charge in [-0.15, -0.1) is 0 Å². The number of hydrogen-bond donors (Lipinski definition) is 1. The van der Waals surface area contributed by atoms with Crippen molar-refractivity contribution in [3.8, 4) is 0 Å². The second kappa shape index (κ2) is 4.08. The van der Waals surface area contributed by atoms with Gasteiger partial charge in [-0.3, -0.25) is 9.63 Å². The van der Waals surface area contributed by atoms with Crippen LogP contribution < -0.4 is 0 Å². The molecule has 0 unspecified atom stereocenters. The molecule has 0 amide bonds. The van der Waals surface area contributed by atoms with Crippen LogP contribution in [-0.4, -0.2) is 48.0 Å². The lowest BCUT2D eigenvalue weighted by Crippen LogP contribution is -2.38. The maximum Gasteiger partial charge on any atom is 0.313 e. The van der Waals surface area contributed by atoms with Crippen molar-refractivity contribution in [2.24, 2.45) is 5.92 Å². The van der Waals surface area contributed by atoms with E-state index in [0.29, 0.717) is 0 Å². The predicted molar refractivity (Wildman–Crippen MR) is 51.8 cm³/mol. The summed E-state index contributed by atoms with van der Waals surface area (Å²) in [7, 11) is 1.37. The topological polar surface area (TPSA) is 59.0 Å². The summed E-state index contributed by atoms with van der Waals surface area (Å²) in [5.74, 6) is -0.632. The van der Waals surface area contributed by atoms with E-state index in [1.54, 1.807) is 6.92 Å². The van der Waals surface area contributed by atoms with Gasteiger partial charge in [0.1, 0.15) is 12.0 Å². The van der Waals surface area contributed by atoms with Gasteiger partial charge in [-0.1, -0.05) is 0 Å². The molecular weight excluding hydrogens is 198 g/mol. The lowest BCUT2D eigenvalue weighted by atomic mass is 9.91. The second-order valence-corrected chi connectivity index (χ2v) is 4.21. The van der Waals surface area contributed by atoms with Gasteiger partial charge in [0.25, 0.3) is 0 Å². The quantitative estimate of drug-likeness (QED) is 0.654. The highest BCUT2D eigenvalue weighted by Gasteiger charge is 2.51. The number of hydrogen-bond acceptors (Lipinski definition) is 5. The molecule has 2 aliphatic heterocycles. The third-order valence-corrected chi connectivity index (χ3v) is 3.22. The Bertz CT molecular complexity index is 256. The molecule has 86 valence electrons. The Morgan fingerprint density at radius 3 is 3.00 bits per heavy atom. The molecule has 2 saturated heterocycles. The average molecular weight is 215 g/mol. The summed E-state index contributed by atoms with van der Waals surface area (Å²) in [5.41, 5.74) is 0. The summed E-state index contributed by atoms with van der Waals surface area (Å²) in [6.45, 7) is 2.48. The standard InChI is InChI=1S/C10H17NO4/c1-6(12)9-8(10(13)14-2)7-4-3-5-11(7)15-9/h6-9,12H,3-5H2,1-2H3/t6-,7+,8-,9+/m0/s1. The predicted octanol–water partition coefficient (Wildman–Crippen LogP) is -0.0654. The summed E-state index contributed by atoms with van der Waals surface area (Å²) in [5, 5.41) is 11.4. The number of carbonyl (C=O) groups is 1. The van der Waals surface area contributed by atoms with Crippen molar-refractivity contribution in [3.63, 3.8) is 0 Å². The monoisotopic (exact) mass is 215 g/mol. The molecule has 0 bridgehead atoms. The van der Waals surface area contributed by atoms with Gasteiger partial charge in [-0.2, -0.15) is 5.06 Å². The summed E-state index contributed by atoms with van der Waals surface area (Å²) < 4.78 is 4.77. The van der Waals surface area contributed by atoms with Crippen LogP contribution in [0.4, 0.5) is 0 Å². The van der Waals surface area contributed by atoms with Crippen LogP contribution in [0.15, 0.2) is 0 Å². The average Bonchev–Trinajstić information content (AvgIpc) is 2.74. The molecule has 4 atom stereocenters. The van der Waals surface area contributed by atoms with E-state index >= 15 is 0 Å². The van der Waals surface area contributed by atoms with Crippen molar-refractivity contribution >= 4 is 5.97 Å². The number of aliphatic hydroxyl groups excluding tert-OH is 1. The number of methoxy groups -OCH3 is 1. The van der Waals surface area contributed by atoms with Gasteiger partial charge in [-0.05, 0) is 19.8 Å². The summed E-state index contributed by atoms with van der Waals surface area (Å²) in [6.07, 6.45) is 0.857. The van der Waals surface area contributed by atoms with Gasteiger partial charge >= 0.3 is 5.97 Å². The molecule has 0 aromatic heterocycles. The van der Waals surface area contributed by atoms with E-state index < -0.39 is 12.2 Å². The highest BCUT2D eigenvalue weighted by Crippen LogP contribution is 2.37. The largest absolute Gasteiger partial charge is 0.469 e. The van der Waals surface area contributed by atoms with E-state index in [0.717, 1.165) is 19.4 Å². The smallest absolute Gasteiger partial charge is 0.313 e. The molecule has 5 heteroatoms. The van der Waals surface area contributed by atoms with Crippen molar-refractivity contribution < 1.29 is 19.5 Å². The van der Waals surface area contributed by atoms with Gasteiger partial charge in [0.05, 0.1) is 19.3 Å². The number of esters is 1. The Hall–Kier alpha value is -0.650. The van der Waals surface area contributed by atoms with E-state index in [1.165, 1.54) is 7.11 Å². The highest BCUT2D eigenvalue weighted by atomic mass is 16.7. The number of rotatable bonds is 2. The van der Waals surface area contributed by atoms with Crippen molar-refractivity contribution in [2.45, 2.75) is 38.0 Å². The maximum absolute atomic E-state index is 11.6. The van der Waals surface area contributed by atoms with Crippen LogP contribution in [0.5, 0.6) is 0 Å². The van der Waals surface area contributed by atoms with Gasteiger partial charge in [0.2, 0.25) is 0 Å². The molecule has 0 aromatic rings. The molecule has 0 aromatic carbocycles. The number of aliphatic hydroxyl groups is 1. The van der Waals surface area contributed by atoms with Crippen molar-refractivity contribution in [1.29, 1.82) is 0 Å². The third kappa shape index (κ3) is 1.75. The SMILES string of the molecule is COC(=O)[C@@H]1[C@@H]([C@H](C)O)ON2CCC[C@H]12. The van der Waals surface area contributed by atoms with E-state index in [2.05, 4.69) is 0 Å². The molecule has 5 nitrogen and oxygen atoms in total. The molecule has 2 aliphatic rings. The number of ether oxygens (including phenoxy) is 1. The minimum atomic E-state index is -0.653. The van der Waals surface area contributed by atoms with E-state index in [4.69, 9.17) is 9.57 Å². The van der Waals surface area contributed by atoms with Crippen molar-refractivity contribution in [1.82, 2.24) is 5.06 Å². The lowest BCUT2D eigenvalue weighted by molar-refractivity contribution is -0.175. The number of fused-ring (bicyclic) bond motifs is 1. The normalized spacial score (nSPS) is 37.7. The van der Waals surface area contributed by atoms with Gasteiger partial charge in [0, 0.05) is 6.54 Å². The molecule has 0 saturated carbocycles. The first-order chi connectivity index (χ1) is 7.15. The fourth-order valence-corrected chi connectivity index (χ4v) is 2.51. The Balaban J connectivity index is 2.17. The van der Waals surface area contributed by atoms with E-state index in [1.807, 2.05) is 5.06 Å². The Labute approximate surface area is 88.9 Å². The Morgan fingerprint density at radius 1 is 1.67 bits per heavy atom. The molecule has 2 heterocycles. The van der Waals surface area contributed by atoms with Crippen LogP contribution in [0.2, 0.25) is 0 Å². The van der Waals surface area contributed by atoms with Crippen molar-refractivity contribution in [3.05, 3.63) is 0 Å². The zero-order chi connectivity index (χ0) is 11.0. The minimum absolute atomic E-state index is 0.0806. The van der Waals surface area contributed by atoms with Crippen molar-refractivity contribution in [2.75, 3.05) is 13.7 Å². The molecule has 0 spiro atoms. The highest BCUT2D eigenvalue weighted by molar-refractivity contribution is 5.74. The first-order valence-corrected chi connectivity index (χ1v) is 5.34. The maximum atomic E-state index is 11.6. The van der Waals surface area contributed by atoms with E-state index in [-0.39, 0.29) is 17.9 Å². The van der Waals surface area contributed by atoms with Gasteiger partial charge < -0.3 is 9.84 Å². The lowest BCUT2D eigenvalue weighted by Gasteiger charge is -2.19.